The van der Waals surface area contributed by atoms with Crippen molar-refractivity contribution >= 4 is 5.91 Å². The molecule has 8 nitrogen and oxygen atoms in total. The van der Waals surface area contributed by atoms with Gasteiger partial charge in [0, 0.05) is 31.9 Å². The molecule has 0 spiro atoms. The molecule has 1 N–H and O–H groups in total. The molecule has 23 heavy (non-hydrogen) atoms. The number of aromatic nitrogens is 5. The van der Waals surface area contributed by atoms with E-state index < -0.39 is 0 Å². The van der Waals surface area contributed by atoms with Gasteiger partial charge in [-0.2, -0.15) is 0 Å². The van der Waals surface area contributed by atoms with Crippen LogP contribution < -0.4 is 10.1 Å². The molecule has 0 radical (unpaired) electrons. The highest BCUT2D eigenvalue weighted by Crippen LogP contribution is 2.27. The van der Waals surface area contributed by atoms with Gasteiger partial charge in [-0.15, -0.1) is 5.10 Å². The predicted molar refractivity (Wildman–Crippen MR) is 81.3 cm³/mol. The van der Waals surface area contributed by atoms with Crippen LogP contribution >= 0.6 is 0 Å². The van der Waals surface area contributed by atoms with Crippen LogP contribution in [0.25, 0.3) is 0 Å². The highest BCUT2D eigenvalue weighted by Gasteiger charge is 2.28. The maximum atomic E-state index is 11.2. The number of ether oxygens (including phenoxy) is 1. The molecule has 0 bridgehead atoms. The summed E-state index contributed by atoms with van der Waals surface area (Å²) in [6, 6.07) is 2.29. The quantitative estimate of drug-likeness (QED) is 0.852. The summed E-state index contributed by atoms with van der Waals surface area (Å²) < 4.78 is 7.27. The highest BCUT2D eigenvalue weighted by atomic mass is 16.5. The fraction of sp³-hybridized carbons (Fsp3) is 0.533. The first kappa shape index (κ1) is 15.4. The van der Waals surface area contributed by atoms with E-state index in [-0.39, 0.29) is 18.6 Å². The van der Waals surface area contributed by atoms with Gasteiger partial charge in [-0.1, -0.05) is 11.6 Å². The van der Waals surface area contributed by atoms with Crippen molar-refractivity contribution < 1.29 is 9.53 Å². The molecular weight excluding hydrogens is 296 g/mol. The molecule has 1 aliphatic carbocycles. The van der Waals surface area contributed by atoms with Crippen molar-refractivity contribution in [2.45, 2.75) is 45.4 Å². The Balaban J connectivity index is 1.53. The van der Waals surface area contributed by atoms with Crippen LogP contribution in [0.2, 0.25) is 0 Å². The Hall–Kier alpha value is -2.51. The van der Waals surface area contributed by atoms with Gasteiger partial charge in [0.25, 0.3) is 0 Å². The predicted octanol–water partition coefficient (Wildman–Crippen LogP) is 0.952. The van der Waals surface area contributed by atoms with Gasteiger partial charge < -0.3 is 10.1 Å². The van der Waals surface area contributed by atoms with Crippen LogP contribution in [0.5, 0.6) is 6.01 Å². The van der Waals surface area contributed by atoms with E-state index in [0.29, 0.717) is 11.9 Å². The second-order valence-corrected chi connectivity index (χ2v) is 5.75. The number of amides is 1. The van der Waals surface area contributed by atoms with E-state index in [0.717, 1.165) is 31.5 Å². The number of carbonyl (C=O) groups is 1. The van der Waals surface area contributed by atoms with E-state index in [9.17, 15) is 4.79 Å². The lowest BCUT2D eigenvalue weighted by Crippen LogP contribution is -2.37. The average molecular weight is 316 g/mol. The molecule has 1 fully saturated rings. The zero-order valence-electron chi connectivity index (χ0n) is 13.1. The third-order valence-corrected chi connectivity index (χ3v) is 3.95. The summed E-state index contributed by atoms with van der Waals surface area (Å²) in [5, 5.41) is 11.3. The van der Waals surface area contributed by atoms with Crippen LogP contribution in [0.3, 0.4) is 0 Å². The minimum Gasteiger partial charge on any atom is -0.457 e. The van der Waals surface area contributed by atoms with Crippen LogP contribution in [0, 0.1) is 5.92 Å². The van der Waals surface area contributed by atoms with Crippen molar-refractivity contribution in [3.05, 3.63) is 30.4 Å². The van der Waals surface area contributed by atoms with Crippen molar-refractivity contribution in [2.75, 3.05) is 0 Å². The molecule has 2 heterocycles. The Bertz CT molecular complexity index is 644. The van der Waals surface area contributed by atoms with Gasteiger partial charge in [0.05, 0.1) is 6.20 Å². The van der Waals surface area contributed by atoms with E-state index in [1.165, 1.54) is 0 Å². The molecule has 8 heteroatoms. The molecule has 1 saturated carbocycles. The third kappa shape index (κ3) is 4.24. The molecule has 3 rings (SSSR count). The van der Waals surface area contributed by atoms with Crippen molar-refractivity contribution in [3.63, 3.8) is 0 Å². The number of nitrogens with one attached hydrogen (secondary N) is 1. The van der Waals surface area contributed by atoms with Gasteiger partial charge in [0.15, 0.2) is 0 Å². The molecular formula is C15H20N6O2. The minimum atomic E-state index is 0.0254. The maximum Gasteiger partial charge on any atom is 0.316 e. The zero-order chi connectivity index (χ0) is 16.1. The van der Waals surface area contributed by atoms with Crippen LogP contribution in [-0.2, 0) is 17.9 Å². The van der Waals surface area contributed by atoms with E-state index in [1.54, 1.807) is 25.4 Å². The van der Waals surface area contributed by atoms with Crippen molar-refractivity contribution in [3.8, 4) is 6.01 Å². The van der Waals surface area contributed by atoms with Crippen molar-refractivity contribution in [1.29, 1.82) is 0 Å². The van der Waals surface area contributed by atoms with Crippen LogP contribution in [0.4, 0.5) is 0 Å². The molecule has 0 unspecified atom stereocenters. The van der Waals surface area contributed by atoms with Crippen LogP contribution in [-0.4, -0.2) is 36.9 Å². The molecule has 1 amide bonds. The fourth-order valence-corrected chi connectivity index (χ4v) is 2.94. The number of rotatable bonds is 6. The van der Waals surface area contributed by atoms with Crippen LogP contribution in [0.1, 0.15) is 31.9 Å². The van der Waals surface area contributed by atoms with Gasteiger partial charge in [0.2, 0.25) is 5.91 Å². The third-order valence-electron chi connectivity index (χ3n) is 3.95. The normalized spacial score (nSPS) is 20.4. The van der Waals surface area contributed by atoms with E-state index in [1.807, 2.05) is 10.9 Å². The summed E-state index contributed by atoms with van der Waals surface area (Å²) in [7, 11) is 0. The summed E-state index contributed by atoms with van der Waals surface area (Å²) in [6.45, 7) is 2.59. The summed E-state index contributed by atoms with van der Waals surface area (Å²) >= 11 is 0. The molecule has 2 atom stereocenters. The summed E-state index contributed by atoms with van der Waals surface area (Å²) in [4.78, 5) is 19.2. The largest absolute Gasteiger partial charge is 0.457 e. The lowest BCUT2D eigenvalue weighted by Gasteiger charge is -2.19. The molecule has 1 aliphatic rings. The topological polar surface area (TPSA) is 94.8 Å². The van der Waals surface area contributed by atoms with Crippen molar-refractivity contribution in [1.82, 2.24) is 30.3 Å². The molecule has 2 aromatic heterocycles. The van der Waals surface area contributed by atoms with E-state index in [4.69, 9.17) is 4.74 Å². The molecule has 2 aromatic rings. The molecule has 0 saturated heterocycles. The number of nitrogens with zero attached hydrogens (tertiary/aromatic N) is 5. The number of carbonyl (C=O) groups excluding carboxylic acids is 1. The first-order valence-electron chi connectivity index (χ1n) is 7.76. The first-order valence-corrected chi connectivity index (χ1v) is 7.76. The van der Waals surface area contributed by atoms with Gasteiger partial charge in [0.1, 0.15) is 12.3 Å². The lowest BCUT2D eigenvalue weighted by atomic mass is 10.0. The minimum absolute atomic E-state index is 0.0254. The first-order chi connectivity index (χ1) is 11.2. The summed E-state index contributed by atoms with van der Waals surface area (Å²) in [6.07, 6.45) is 8.37. The second-order valence-electron chi connectivity index (χ2n) is 5.75. The van der Waals surface area contributed by atoms with Gasteiger partial charge in [-0.3, -0.25) is 9.48 Å². The molecule has 122 valence electrons. The number of hydrogen-bond acceptors (Lipinski definition) is 6. The van der Waals surface area contributed by atoms with E-state index in [2.05, 4.69) is 25.6 Å². The fourth-order valence-electron chi connectivity index (χ4n) is 2.94. The Labute approximate surface area is 134 Å². The standard InChI is InChI=1S/C15H20N6O2/c1-11(22)18-14-5-2-4-12(14)8-21-9-13(19-20-21)10-23-15-16-6-3-7-17-15/h3,6-7,9,12,14H,2,4-5,8,10H2,1H3,(H,18,22)/t12-,14-/m1/s1. The molecule has 0 aliphatic heterocycles. The Morgan fingerprint density at radius 1 is 1.39 bits per heavy atom. The monoisotopic (exact) mass is 316 g/mol. The average Bonchev–Trinajstić information content (AvgIpc) is 3.16. The smallest absolute Gasteiger partial charge is 0.316 e. The Morgan fingerprint density at radius 3 is 3.00 bits per heavy atom. The summed E-state index contributed by atoms with van der Waals surface area (Å²) in [5.74, 6) is 0.421. The number of hydrogen-bond donors (Lipinski definition) is 1. The maximum absolute atomic E-state index is 11.2. The second kappa shape index (κ2) is 7.17. The SMILES string of the molecule is CC(=O)N[C@@H]1CCC[C@@H]1Cn1cc(COc2ncccn2)nn1. The summed E-state index contributed by atoms with van der Waals surface area (Å²) in [5.41, 5.74) is 0.728. The van der Waals surface area contributed by atoms with Gasteiger partial charge in [-0.05, 0) is 24.8 Å². The van der Waals surface area contributed by atoms with E-state index >= 15 is 0 Å². The van der Waals surface area contributed by atoms with Gasteiger partial charge in [-0.25, -0.2) is 9.97 Å². The lowest BCUT2D eigenvalue weighted by molar-refractivity contribution is -0.119. The van der Waals surface area contributed by atoms with Crippen molar-refractivity contribution in [2.24, 2.45) is 5.92 Å². The van der Waals surface area contributed by atoms with Crippen LogP contribution in [0.15, 0.2) is 24.7 Å². The van der Waals surface area contributed by atoms with Gasteiger partial charge >= 0.3 is 6.01 Å². The highest BCUT2D eigenvalue weighted by molar-refractivity contribution is 5.73. The molecule has 0 aromatic carbocycles. The Kier molecular flexibility index (Phi) is 4.80. The Morgan fingerprint density at radius 2 is 2.22 bits per heavy atom. The zero-order valence-corrected chi connectivity index (χ0v) is 13.1.